The van der Waals surface area contributed by atoms with Crippen molar-refractivity contribution in [2.45, 2.75) is 33.3 Å². The Hall–Kier alpha value is -1.01. The maximum Gasteiger partial charge on any atom is 0.219 e. The predicted octanol–water partition coefficient (Wildman–Crippen LogP) is 0.629. The molecule has 0 bridgehead atoms. The quantitative estimate of drug-likeness (QED) is 0.576. The molecule has 1 amide bonds. The van der Waals surface area contributed by atoms with E-state index in [1.54, 1.807) is 4.90 Å². The Labute approximate surface area is 85.1 Å². The number of carbonyl (C=O) groups is 1. The van der Waals surface area contributed by atoms with E-state index in [0.29, 0.717) is 13.1 Å². The van der Waals surface area contributed by atoms with E-state index in [4.69, 9.17) is 0 Å². The fraction of sp³-hybridized carbons (Fsp3) is 0.727. The van der Waals surface area contributed by atoms with Gasteiger partial charge in [-0.15, -0.1) is 0 Å². The zero-order chi connectivity index (χ0) is 11.0. The normalized spacial score (nSPS) is 19.4. The van der Waals surface area contributed by atoms with Crippen molar-refractivity contribution >= 4 is 5.91 Å². The number of aliphatic hydroxyl groups is 1. The van der Waals surface area contributed by atoms with Crippen LogP contribution in [0, 0.1) is 17.3 Å². The molecule has 0 aromatic carbocycles. The number of carbonyl (C=O) groups excluding carboxylic acids is 1. The number of β-amino-alcohol motifs (C(OH)–C–C–N with tert-alkyl or cyclic N) is 1. The van der Waals surface area contributed by atoms with E-state index in [1.165, 1.54) is 6.92 Å². The van der Waals surface area contributed by atoms with Crippen molar-refractivity contribution in [3.8, 4) is 11.8 Å². The van der Waals surface area contributed by atoms with Gasteiger partial charge in [-0.25, -0.2) is 0 Å². The van der Waals surface area contributed by atoms with Crippen LogP contribution in [0.2, 0.25) is 0 Å². The molecule has 0 aliphatic carbocycles. The Bertz CT molecular complexity index is 297. The molecule has 14 heavy (non-hydrogen) atoms. The van der Waals surface area contributed by atoms with Gasteiger partial charge in [0.25, 0.3) is 0 Å². The maximum atomic E-state index is 10.9. The summed E-state index contributed by atoms with van der Waals surface area (Å²) in [4.78, 5) is 12.5. The van der Waals surface area contributed by atoms with Crippen LogP contribution in [-0.4, -0.2) is 34.6 Å². The minimum absolute atomic E-state index is 0.00719. The Kier molecular flexibility index (Phi) is 2.60. The highest BCUT2D eigenvalue weighted by Gasteiger charge is 2.41. The molecule has 1 saturated heterocycles. The smallest absolute Gasteiger partial charge is 0.219 e. The van der Waals surface area contributed by atoms with E-state index in [-0.39, 0.29) is 11.3 Å². The summed E-state index contributed by atoms with van der Waals surface area (Å²) in [5.74, 6) is 5.81. The first-order valence-electron chi connectivity index (χ1n) is 4.74. The van der Waals surface area contributed by atoms with E-state index in [0.717, 1.165) is 0 Å². The number of amides is 1. The summed E-state index contributed by atoms with van der Waals surface area (Å²) < 4.78 is 0. The average molecular weight is 195 g/mol. The molecular weight excluding hydrogens is 178 g/mol. The molecule has 0 aromatic heterocycles. The summed E-state index contributed by atoms with van der Waals surface area (Å²) in [7, 11) is 0. The second-order valence-electron chi connectivity index (χ2n) is 4.91. The van der Waals surface area contributed by atoms with Crippen molar-refractivity contribution in [1.29, 1.82) is 0 Å². The molecule has 1 N–H and O–H groups in total. The molecule has 0 aromatic rings. The molecule has 1 rings (SSSR count). The second kappa shape index (κ2) is 3.29. The monoisotopic (exact) mass is 195 g/mol. The van der Waals surface area contributed by atoms with Gasteiger partial charge in [0.05, 0.1) is 13.1 Å². The highest BCUT2D eigenvalue weighted by atomic mass is 16.3. The lowest BCUT2D eigenvalue weighted by Gasteiger charge is -2.42. The molecule has 1 aliphatic rings. The molecule has 3 heteroatoms. The van der Waals surface area contributed by atoms with Crippen LogP contribution in [-0.2, 0) is 4.79 Å². The summed E-state index contributed by atoms with van der Waals surface area (Å²) in [6.07, 6.45) is 0. The maximum absolute atomic E-state index is 10.9. The van der Waals surface area contributed by atoms with Gasteiger partial charge in [-0.05, 0) is 20.8 Å². The van der Waals surface area contributed by atoms with Crippen molar-refractivity contribution in [3.05, 3.63) is 0 Å². The lowest BCUT2D eigenvalue weighted by atomic mass is 9.91. The van der Waals surface area contributed by atoms with Crippen LogP contribution in [0.5, 0.6) is 0 Å². The van der Waals surface area contributed by atoms with Crippen LogP contribution < -0.4 is 0 Å². The highest BCUT2D eigenvalue weighted by Crippen LogP contribution is 2.21. The van der Waals surface area contributed by atoms with Crippen LogP contribution >= 0.6 is 0 Å². The molecule has 0 unspecified atom stereocenters. The molecule has 0 radical (unpaired) electrons. The van der Waals surface area contributed by atoms with E-state index < -0.39 is 5.60 Å². The Balaban J connectivity index is 2.56. The standard InChI is InChI=1S/C11H17NO2/c1-9(13)12-7-11(14,8-12)6-5-10(2,3)4/h14H,7-8H2,1-4H3. The third-order valence-electron chi connectivity index (χ3n) is 2.02. The number of rotatable bonds is 0. The van der Waals surface area contributed by atoms with Gasteiger partial charge >= 0.3 is 0 Å². The van der Waals surface area contributed by atoms with Gasteiger partial charge in [-0.2, -0.15) is 0 Å². The first-order valence-corrected chi connectivity index (χ1v) is 4.74. The molecule has 1 aliphatic heterocycles. The summed E-state index contributed by atoms with van der Waals surface area (Å²) in [6.45, 7) is 8.15. The zero-order valence-electron chi connectivity index (χ0n) is 9.22. The fourth-order valence-corrected chi connectivity index (χ4v) is 1.19. The van der Waals surface area contributed by atoms with Gasteiger partial charge in [0.15, 0.2) is 5.60 Å². The van der Waals surface area contributed by atoms with Crippen molar-refractivity contribution < 1.29 is 9.90 Å². The number of hydrogen-bond donors (Lipinski definition) is 1. The van der Waals surface area contributed by atoms with Gasteiger partial charge in [0.2, 0.25) is 5.91 Å². The predicted molar refractivity (Wildman–Crippen MR) is 54.4 cm³/mol. The highest BCUT2D eigenvalue weighted by molar-refractivity contribution is 5.74. The largest absolute Gasteiger partial charge is 0.374 e. The fourth-order valence-electron chi connectivity index (χ4n) is 1.19. The summed E-state index contributed by atoms with van der Waals surface area (Å²) in [5, 5.41) is 9.83. The Morgan fingerprint density at radius 2 is 1.93 bits per heavy atom. The van der Waals surface area contributed by atoms with E-state index in [9.17, 15) is 9.90 Å². The number of hydrogen-bond acceptors (Lipinski definition) is 2. The molecule has 3 nitrogen and oxygen atoms in total. The summed E-state index contributed by atoms with van der Waals surface area (Å²) in [5.41, 5.74) is -1.08. The second-order valence-corrected chi connectivity index (χ2v) is 4.91. The molecule has 78 valence electrons. The van der Waals surface area contributed by atoms with Crippen molar-refractivity contribution in [1.82, 2.24) is 4.90 Å². The first-order chi connectivity index (χ1) is 6.22. The SMILES string of the molecule is CC(=O)N1CC(O)(C#CC(C)(C)C)C1. The van der Waals surface area contributed by atoms with Crippen LogP contribution in [0.3, 0.4) is 0 Å². The van der Waals surface area contributed by atoms with E-state index in [1.807, 2.05) is 20.8 Å². The van der Waals surface area contributed by atoms with Gasteiger partial charge in [-0.1, -0.05) is 11.8 Å². The lowest BCUT2D eigenvalue weighted by Crippen LogP contribution is -2.62. The summed E-state index contributed by atoms with van der Waals surface area (Å²) >= 11 is 0. The van der Waals surface area contributed by atoms with Gasteiger partial charge in [0.1, 0.15) is 0 Å². The minimum atomic E-state index is -0.973. The van der Waals surface area contributed by atoms with Crippen LogP contribution in [0.25, 0.3) is 0 Å². The number of likely N-dealkylation sites (tertiary alicyclic amines) is 1. The third kappa shape index (κ3) is 2.74. The minimum Gasteiger partial charge on any atom is -0.374 e. The molecule has 0 atom stereocenters. The molecule has 0 saturated carbocycles. The van der Waals surface area contributed by atoms with Gasteiger partial charge in [0, 0.05) is 12.3 Å². The molecule has 1 fully saturated rings. The van der Waals surface area contributed by atoms with Gasteiger partial charge in [-0.3, -0.25) is 4.79 Å². The van der Waals surface area contributed by atoms with Crippen LogP contribution in [0.15, 0.2) is 0 Å². The molecule has 0 spiro atoms. The van der Waals surface area contributed by atoms with E-state index >= 15 is 0 Å². The Morgan fingerprint density at radius 3 is 2.29 bits per heavy atom. The van der Waals surface area contributed by atoms with Crippen LogP contribution in [0.4, 0.5) is 0 Å². The van der Waals surface area contributed by atoms with E-state index in [2.05, 4.69) is 11.8 Å². The van der Waals surface area contributed by atoms with Gasteiger partial charge < -0.3 is 10.0 Å². The topological polar surface area (TPSA) is 40.5 Å². The third-order valence-corrected chi connectivity index (χ3v) is 2.02. The molecular formula is C11H17NO2. The van der Waals surface area contributed by atoms with Crippen molar-refractivity contribution in [2.24, 2.45) is 5.41 Å². The van der Waals surface area contributed by atoms with Crippen molar-refractivity contribution in [2.75, 3.05) is 13.1 Å². The average Bonchev–Trinajstić information content (AvgIpc) is 1.93. The van der Waals surface area contributed by atoms with Crippen molar-refractivity contribution in [3.63, 3.8) is 0 Å². The molecule has 1 heterocycles. The van der Waals surface area contributed by atoms with Crippen LogP contribution in [0.1, 0.15) is 27.7 Å². The first kappa shape index (κ1) is 11.1. The Morgan fingerprint density at radius 1 is 1.43 bits per heavy atom. The zero-order valence-corrected chi connectivity index (χ0v) is 9.22. The summed E-state index contributed by atoms with van der Waals surface area (Å²) in [6, 6.07) is 0. The lowest BCUT2D eigenvalue weighted by molar-refractivity contribution is -0.144. The number of nitrogens with zero attached hydrogens (tertiary/aromatic N) is 1.